The van der Waals surface area contributed by atoms with Gasteiger partial charge >= 0.3 is 0 Å². The van der Waals surface area contributed by atoms with Crippen molar-refractivity contribution in [3.63, 3.8) is 0 Å². The molecular formula is C18H20ClN3O. The molecule has 0 saturated carbocycles. The summed E-state index contributed by atoms with van der Waals surface area (Å²) in [6.07, 6.45) is 2.65. The van der Waals surface area contributed by atoms with Crippen LogP contribution in [0.3, 0.4) is 0 Å². The molecule has 0 radical (unpaired) electrons. The van der Waals surface area contributed by atoms with Gasteiger partial charge in [-0.1, -0.05) is 17.7 Å². The summed E-state index contributed by atoms with van der Waals surface area (Å²) in [7, 11) is 1.86. The van der Waals surface area contributed by atoms with E-state index >= 15 is 0 Å². The van der Waals surface area contributed by atoms with Gasteiger partial charge in [0, 0.05) is 36.4 Å². The number of hydrogen-bond donors (Lipinski definition) is 1. The molecule has 120 valence electrons. The van der Waals surface area contributed by atoms with E-state index in [9.17, 15) is 4.79 Å². The number of pyridine rings is 1. The highest BCUT2D eigenvalue weighted by molar-refractivity contribution is 6.30. The summed E-state index contributed by atoms with van der Waals surface area (Å²) < 4.78 is 0. The van der Waals surface area contributed by atoms with Crippen LogP contribution in [0.4, 0.5) is 0 Å². The average Bonchev–Trinajstić information content (AvgIpc) is 3.10. The lowest BCUT2D eigenvalue weighted by molar-refractivity contribution is 0.0743. The van der Waals surface area contributed by atoms with Crippen molar-refractivity contribution >= 4 is 17.5 Å². The third-order valence-electron chi connectivity index (χ3n) is 4.39. The predicted octanol–water partition coefficient (Wildman–Crippen LogP) is 3.14. The second-order valence-corrected chi connectivity index (χ2v) is 6.39. The number of likely N-dealkylation sites (N-methyl/N-ethyl adjacent to an activating group) is 1. The summed E-state index contributed by atoms with van der Waals surface area (Å²) in [6.45, 7) is 3.84. The molecule has 0 aliphatic carbocycles. The summed E-state index contributed by atoms with van der Waals surface area (Å²) >= 11 is 6.07. The number of hydrogen-bond acceptors (Lipinski definition) is 3. The molecule has 4 nitrogen and oxygen atoms in total. The monoisotopic (exact) mass is 329 g/mol. The number of nitrogens with zero attached hydrogens (tertiary/aromatic N) is 2. The van der Waals surface area contributed by atoms with Crippen molar-refractivity contribution in [1.82, 2.24) is 15.2 Å². The summed E-state index contributed by atoms with van der Waals surface area (Å²) in [4.78, 5) is 18.8. The van der Waals surface area contributed by atoms with Crippen LogP contribution in [0, 0.1) is 6.92 Å². The number of amides is 1. The number of aryl methyl sites for hydroxylation is 1. The van der Waals surface area contributed by atoms with Gasteiger partial charge in [0.1, 0.15) is 0 Å². The molecule has 0 spiro atoms. The minimum atomic E-state index is 0.0144. The quantitative estimate of drug-likeness (QED) is 0.941. The fourth-order valence-corrected chi connectivity index (χ4v) is 3.06. The van der Waals surface area contributed by atoms with E-state index in [2.05, 4.69) is 10.3 Å². The molecule has 2 aromatic rings. The molecule has 1 atom stereocenters. The van der Waals surface area contributed by atoms with E-state index in [0.717, 1.165) is 36.3 Å². The molecule has 1 aromatic carbocycles. The summed E-state index contributed by atoms with van der Waals surface area (Å²) in [5.41, 5.74) is 3.54. The maximum absolute atomic E-state index is 12.5. The van der Waals surface area contributed by atoms with Gasteiger partial charge in [-0.25, -0.2) is 0 Å². The van der Waals surface area contributed by atoms with Gasteiger partial charge in [-0.05, 0) is 49.7 Å². The molecule has 23 heavy (non-hydrogen) atoms. The highest BCUT2D eigenvalue weighted by Crippen LogP contribution is 2.25. The molecule has 1 unspecified atom stereocenters. The number of aromatic nitrogens is 1. The Morgan fingerprint density at radius 2 is 2.17 bits per heavy atom. The van der Waals surface area contributed by atoms with E-state index < -0.39 is 0 Å². The zero-order valence-electron chi connectivity index (χ0n) is 13.3. The van der Waals surface area contributed by atoms with Crippen molar-refractivity contribution in [1.29, 1.82) is 0 Å². The fraction of sp³-hybridized carbons (Fsp3) is 0.333. The van der Waals surface area contributed by atoms with Gasteiger partial charge in [0.05, 0.1) is 11.3 Å². The van der Waals surface area contributed by atoms with Crippen LogP contribution in [0.2, 0.25) is 5.02 Å². The first-order valence-corrected chi connectivity index (χ1v) is 8.14. The van der Waals surface area contributed by atoms with Crippen LogP contribution in [-0.2, 0) is 0 Å². The van der Waals surface area contributed by atoms with Crippen LogP contribution in [-0.4, -0.2) is 42.0 Å². The Morgan fingerprint density at radius 3 is 2.83 bits per heavy atom. The van der Waals surface area contributed by atoms with E-state index in [0.29, 0.717) is 10.6 Å². The molecule has 1 aliphatic heterocycles. The fourth-order valence-electron chi connectivity index (χ4n) is 2.89. The minimum absolute atomic E-state index is 0.0144. The highest BCUT2D eigenvalue weighted by atomic mass is 35.5. The SMILES string of the molecule is Cc1ccc(Cl)cc1-c1ccc(C(=O)N(C)C2CCNC2)cn1. The van der Waals surface area contributed by atoms with E-state index in [1.165, 1.54) is 0 Å². The minimum Gasteiger partial charge on any atom is -0.337 e. The first-order chi connectivity index (χ1) is 11.1. The molecule has 0 bridgehead atoms. The Balaban J connectivity index is 1.81. The van der Waals surface area contributed by atoms with Gasteiger partial charge in [-0.3, -0.25) is 9.78 Å². The number of rotatable bonds is 3. The van der Waals surface area contributed by atoms with Gasteiger partial charge in [0.2, 0.25) is 0 Å². The topological polar surface area (TPSA) is 45.2 Å². The number of halogens is 1. The van der Waals surface area contributed by atoms with Gasteiger partial charge < -0.3 is 10.2 Å². The van der Waals surface area contributed by atoms with Crippen molar-refractivity contribution in [3.8, 4) is 11.3 Å². The third-order valence-corrected chi connectivity index (χ3v) is 4.62. The summed E-state index contributed by atoms with van der Waals surface area (Å²) in [6, 6.07) is 9.72. The molecule has 1 amide bonds. The smallest absolute Gasteiger partial charge is 0.255 e. The van der Waals surface area contributed by atoms with E-state index in [-0.39, 0.29) is 11.9 Å². The molecule has 1 saturated heterocycles. The normalized spacial score (nSPS) is 17.3. The molecule has 5 heteroatoms. The molecule has 1 N–H and O–H groups in total. The summed E-state index contributed by atoms with van der Waals surface area (Å²) in [5, 5.41) is 3.96. The Labute approximate surface area is 141 Å². The van der Waals surface area contributed by atoms with Gasteiger partial charge in [0.15, 0.2) is 0 Å². The van der Waals surface area contributed by atoms with Crippen LogP contribution in [0.1, 0.15) is 22.3 Å². The highest BCUT2D eigenvalue weighted by Gasteiger charge is 2.24. The Kier molecular flexibility index (Phi) is 4.64. The number of nitrogens with one attached hydrogen (secondary N) is 1. The van der Waals surface area contributed by atoms with Crippen molar-refractivity contribution < 1.29 is 4.79 Å². The Morgan fingerprint density at radius 1 is 1.35 bits per heavy atom. The first-order valence-electron chi connectivity index (χ1n) is 7.76. The van der Waals surface area contributed by atoms with E-state index in [4.69, 9.17) is 11.6 Å². The predicted molar refractivity (Wildman–Crippen MR) is 92.8 cm³/mol. The maximum atomic E-state index is 12.5. The standard InChI is InChI=1S/C18H20ClN3O/c1-12-3-5-14(19)9-16(12)17-6-4-13(10-21-17)18(23)22(2)15-7-8-20-11-15/h3-6,9-10,15,20H,7-8,11H2,1-2H3. The van der Waals surface area contributed by atoms with Crippen molar-refractivity contribution in [2.24, 2.45) is 0 Å². The zero-order chi connectivity index (χ0) is 16.4. The number of carbonyl (C=O) groups is 1. The van der Waals surface area contributed by atoms with Crippen LogP contribution in [0.25, 0.3) is 11.3 Å². The molecular weight excluding hydrogens is 310 g/mol. The third kappa shape index (κ3) is 3.38. The van der Waals surface area contributed by atoms with E-state index in [1.807, 2.05) is 44.3 Å². The zero-order valence-corrected chi connectivity index (χ0v) is 14.1. The lowest BCUT2D eigenvalue weighted by Gasteiger charge is -2.23. The van der Waals surface area contributed by atoms with Crippen molar-refractivity contribution in [2.45, 2.75) is 19.4 Å². The largest absolute Gasteiger partial charge is 0.337 e. The van der Waals surface area contributed by atoms with Crippen molar-refractivity contribution in [2.75, 3.05) is 20.1 Å². The Hall–Kier alpha value is -1.91. The van der Waals surface area contributed by atoms with Crippen LogP contribution >= 0.6 is 11.6 Å². The second kappa shape index (κ2) is 6.69. The maximum Gasteiger partial charge on any atom is 0.255 e. The van der Waals surface area contributed by atoms with Crippen molar-refractivity contribution in [3.05, 3.63) is 52.7 Å². The molecule has 3 rings (SSSR count). The van der Waals surface area contributed by atoms with Gasteiger partial charge in [0.25, 0.3) is 5.91 Å². The van der Waals surface area contributed by atoms with Gasteiger partial charge in [-0.15, -0.1) is 0 Å². The summed E-state index contributed by atoms with van der Waals surface area (Å²) in [5.74, 6) is 0.0144. The van der Waals surface area contributed by atoms with E-state index in [1.54, 1.807) is 11.1 Å². The molecule has 2 heterocycles. The second-order valence-electron chi connectivity index (χ2n) is 5.95. The van der Waals surface area contributed by atoms with Gasteiger partial charge in [-0.2, -0.15) is 0 Å². The lowest BCUT2D eigenvalue weighted by atomic mass is 10.0. The van der Waals surface area contributed by atoms with Crippen LogP contribution in [0.15, 0.2) is 36.5 Å². The average molecular weight is 330 g/mol. The van der Waals surface area contributed by atoms with Crippen LogP contribution < -0.4 is 5.32 Å². The molecule has 1 fully saturated rings. The number of benzene rings is 1. The first kappa shape index (κ1) is 16.0. The van der Waals surface area contributed by atoms with Crippen LogP contribution in [0.5, 0.6) is 0 Å². The molecule has 1 aliphatic rings. The lowest BCUT2D eigenvalue weighted by Crippen LogP contribution is -2.38. The Bertz CT molecular complexity index is 709. The molecule has 1 aromatic heterocycles. The number of carbonyl (C=O) groups excluding carboxylic acids is 1.